The van der Waals surface area contributed by atoms with Gasteiger partial charge in [-0.1, -0.05) is 29.3 Å². The lowest BCUT2D eigenvalue weighted by Crippen LogP contribution is -2.48. The molecule has 0 aromatic heterocycles. The Labute approximate surface area is 137 Å². The number of carbonyl (C=O) groups is 3. The fourth-order valence-corrected chi connectivity index (χ4v) is 2.60. The van der Waals surface area contributed by atoms with E-state index in [0.29, 0.717) is 23.0 Å². The van der Waals surface area contributed by atoms with Gasteiger partial charge in [0.2, 0.25) is 11.8 Å². The number of hydrogen-bond donors (Lipinski definition) is 3. The Morgan fingerprint density at radius 3 is 2.82 bits per heavy atom. The molecule has 1 atom stereocenters. The first-order valence-corrected chi connectivity index (χ1v) is 7.53. The zero-order chi connectivity index (χ0) is 16.1. The van der Waals surface area contributed by atoms with Crippen molar-refractivity contribution in [1.29, 1.82) is 0 Å². The molecule has 1 aromatic carbocycles. The van der Waals surface area contributed by atoms with E-state index in [2.05, 4.69) is 16.0 Å². The van der Waals surface area contributed by atoms with E-state index in [1.807, 2.05) is 0 Å². The van der Waals surface area contributed by atoms with Gasteiger partial charge in [-0.15, -0.1) is 0 Å². The third-order valence-corrected chi connectivity index (χ3v) is 3.83. The highest BCUT2D eigenvalue weighted by Crippen LogP contribution is 2.21. The molecule has 1 aliphatic rings. The number of imide groups is 1. The molecule has 2 rings (SSSR count). The minimum atomic E-state index is -0.716. The number of nitrogens with one attached hydrogen (secondary N) is 3. The molecule has 22 heavy (non-hydrogen) atoms. The van der Waals surface area contributed by atoms with Gasteiger partial charge in [-0.3, -0.25) is 14.9 Å². The summed E-state index contributed by atoms with van der Waals surface area (Å²) in [5.41, 5.74) is 0.869. The first kappa shape index (κ1) is 16.6. The third-order valence-electron chi connectivity index (χ3n) is 3.24. The van der Waals surface area contributed by atoms with Crippen molar-refractivity contribution in [2.24, 2.45) is 0 Å². The second kappa shape index (κ2) is 7.47. The Bertz CT molecular complexity index is 607. The molecule has 1 aromatic rings. The standard InChI is InChI=1S/C14H15Cl2N3O3/c15-9-2-1-8(10(16)7-9)5-6-17-13(21)11-3-4-12(20)19-14(22)18-11/h1-2,7,11H,3-6H2,(H,17,21)(H2,18,19,20,22)/t11-/m0/s1. The number of carbonyl (C=O) groups excluding carboxylic acids is 3. The van der Waals surface area contributed by atoms with E-state index in [1.165, 1.54) is 0 Å². The van der Waals surface area contributed by atoms with E-state index in [1.54, 1.807) is 18.2 Å². The van der Waals surface area contributed by atoms with Gasteiger partial charge in [-0.05, 0) is 30.5 Å². The Hall–Kier alpha value is -1.79. The van der Waals surface area contributed by atoms with Crippen molar-refractivity contribution < 1.29 is 14.4 Å². The van der Waals surface area contributed by atoms with Crippen molar-refractivity contribution in [2.45, 2.75) is 25.3 Å². The Balaban J connectivity index is 1.84. The number of amides is 4. The molecule has 0 spiro atoms. The summed E-state index contributed by atoms with van der Waals surface area (Å²) in [6.45, 7) is 0.369. The highest BCUT2D eigenvalue weighted by molar-refractivity contribution is 6.35. The second-order valence-electron chi connectivity index (χ2n) is 4.89. The molecule has 0 bridgehead atoms. The van der Waals surface area contributed by atoms with Gasteiger partial charge in [0.15, 0.2) is 0 Å². The summed E-state index contributed by atoms with van der Waals surface area (Å²) in [5.74, 6) is -0.712. The molecule has 0 radical (unpaired) electrons. The largest absolute Gasteiger partial charge is 0.354 e. The van der Waals surface area contributed by atoms with Crippen LogP contribution in [0.25, 0.3) is 0 Å². The van der Waals surface area contributed by atoms with E-state index in [9.17, 15) is 14.4 Å². The zero-order valence-corrected chi connectivity index (χ0v) is 13.1. The maximum atomic E-state index is 12.0. The molecule has 6 nitrogen and oxygen atoms in total. The molecule has 1 saturated heterocycles. The fraction of sp³-hybridized carbons (Fsp3) is 0.357. The average molecular weight is 344 g/mol. The van der Waals surface area contributed by atoms with E-state index in [0.717, 1.165) is 5.56 Å². The van der Waals surface area contributed by atoms with Crippen LogP contribution >= 0.6 is 23.2 Å². The lowest BCUT2D eigenvalue weighted by molar-refractivity contribution is -0.123. The molecule has 0 aliphatic carbocycles. The van der Waals surface area contributed by atoms with E-state index >= 15 is 0 Å². The quantitative estimate of drug-likeness (QED) is 0.776. The molecule has 1 fully saturated rings. The van der Waals surface area contributed by atoms with E-state index in [-0.39, 0.29) is 24.7 Å². The van der Waals surface area contributed by atoms with Gasteiger partial charge in [0.05, 0.1) is 0 Å². The van der Waals surface area contributed by atoms with E-state index < -0.39 is 12.1 Å². The normalized spacial score (nSPS) is 18.2. The highest BCUT2D eigenvalue weighted by atomic mass is 35.5. The summed E-state index contributed by atoms with van der Waals surface area (Å²) in [6, 6.07) is 3.80. The summed E-state index contributed by atoms with van der Waals surface area (Å²) >= 11 is 11.9. The van der Waals surface area contributed by atoms with Crippen LogP contribution in [0.15, 0.2) is 18.2 Å². The predicted molar refractivity (Wildman–Crippen MR) is 82.9 cm³/mol. The van der Waals surface area contributed by atoms with Gasteiger partial charge in [-0.25, -0.2) is 4.79 Å². The smallest absolute Gasteiger partial charge is 0.322 e. The maximum absolute atomic E-state index is 12.0. The first-order valence-electron chi connectivity index (χ1n) is 6.77. The van der Waals surface area contributed by atoms with Crippen LogP contribution in [0.1, 0.15) is 18.4 Å². The van der Waals surface area contributed by atoms with Crippen molar-refractivity contribution in [3.05, 3.63) is 33.8 Å². The SMILES string of the molecule is O=C1CC[C@@H](C(=O)NCCc2ccc(Cl)cc2Cl)NC(=O)N1. The molecular formula is C14H15Cl2N3O3. The van der Waals surface area contributed by atoms with Crippen LogP contribution in [0.5, 0.6) is 0 Å². The second-order valence-corrected chi connectivity index (χ2v) is 5.73. The van der Waals surface area contributed by atoms with Gasteiger partial charge >= 0.3 is 6.03 Å². The number of benzene rings is 1. The van der Waals surface area contributed by atoms with Gasteiger partial charge in [-0.2, -0.15) is 0 Å². The van der Waals surface area contributed by atoms with Gasteiger partial charge < -0.3 is 10.6 Å². The van der Waals surface area contributed by atoms with Gasteiger partial charge in [0.25, 0.3) is 0 Å². The fourth-order valence-electron chi connectivity index (χ4n) is 2.10. The van der Waals surface area contributed by atoms with Crippen molar-refractivity contribution in [1.82, 2.24) is 16.0 Å². The minimum Gasteiger partial charge on any atom is -0.354 e. The van der Waals surface area contributed by atoms with Crippen LogP contribution < -0.4 is 16.0 Å². The minimum absolute atomic E-state index is 0.125. The summed E-state index contributed by atoms with van der Waals surface area (Å²) in [7, 11) is 0. The first-order chi connectivity index (χ1) is 10.5. The summed E-state index contributed by atoms with van der Waals surface area (Å²) in [4.78, 5) is 34.5. The molecule has 1 heterocycles. The van der Waals surface area contributed by atoms with Crippen LogP contribution in [-0.4, -0.2) is 30.4 Å². The van der Waals surface area contributed by atoms with Crippen molar-refractivity contribution in [2.75, 3.05) is 6.54 Å². The summed E-state index contributed by atoms with van der Waals surface area (Å²) < 4.78 is 0. The lowest BCUT2D eigenvalue weighted by atomic mass is 10.1. The summed E-state index contributed by atoms with van der Waals surface area (Å²) in [5, 5.41) is 8.39. The van der Waals surface area contributed by atoms with Gasteiger partial charge in [0, 0.05) is 23.0 Å². The lowest BCUT2D eigenvalue weighted by Gasteiger charge is -2.15. The van der Waals surface area contributed by atoms with Crippen LogP contribution in [0.3, 0.4) is 0 Å². The molecule has 3 N–H and O–H groups in total. The topological polar surface area (TPSA) is 87.3 Å². The van der Waals surface area contributed by atoms with E-state index in [4.69, 9.17) is 23.2 Å². The summed E-state index contributed by atoms with van der Waals surface area (Å²) in [6.07, 6.45) is 0.935. The number of halogens is 2. The molecule has 8 heteroatoms. The predicted octanol–water partition coefficient (Wildman–Crippen LogP) is 1.64. The molecular weight excluding hydrogens is 329 g/mol. The van der Waals surface area contributed by atoms with Crippen molar-refractivity contribution in [3.8, 4) is 0 Å². The molecule has 118 valence electrons. The highest BCUT2D eigenvalue weighted by Gasteiger charge is 2.25. The molecule has 0 saturated carbocycles. The molecule has 4 amide bonds. The van der Waals surface area contributed by atoms with Crippen molar-refractivity contribution >= 4 is 41.0 Å². The van der Waals surface area contributed by atoms with Gasteiger partial charge in [0.1, 0.15) is 6.04 Å². The number of hydrogen-bond acceptors (Lipinski definition) is 3. The average Bonchev–Trinajstić information content (AvgIpc) is 2.61. The Morgan fingerprint density at radius 2 is 2.09 bits per heavy atom. The Morgan fingerprint density at radius 1 is 1.32 bits per heavy atom. The van der Waals surface area contributed by atoms with Crippen molar-refractivity contribution in [3.63, 3.8) is 0 Å². The molecule has 0 unspecified atom stereocenters. The Kier molecular flexibility index (Phi) is 5.63. The van der Waals surface area contributed by atoms with Crippen LogP contribution in [0.2, 0.25) is 10.0 Å². The van der Waals surface area contributed by atoms with Crippen LogP contribution in [-0.2, 0) is 16.0 Å². The number of urea groups is 1. The van der Waals surface area contributed by atoms with Crippen LogP contribution in [0.4, 0.5) is 4.79 Å². The zero-order valence-electron chi connectivity index (χ0n) is 11.6. The maximum Gasteiger partial charge on any atom is 0.322 e. The third kappa shape index (κ3) is 4.61. The van der Waals surface area contributed by atoms with Crippen LogP contribution in [0, 0.1) is 0 Å². The monoisotopic (exact) mass is 343 g/mol. The number of rotatable bonds is 4. The molecule has 1 aliphatic heterocycles.